The molecule has 0 bridgehead atoms. The summed E-state index contributed by atoms with van der Waals surface area (Å²) in [6.07, 6.45) is 5.81. The summed E-state index contributed by atoms with van der Waals surface area (Å²) in [5.41, 5.74) is 4.95. The summed E-state index contributed by atoms with van der Waals surface area (Å²) in [5.74, 6) is 8.22. The number of ether oxygens (including phenoxy) is 1. The third kappa shape index (κ3) is 8.33. The van der Waals surface area contributed by atoms with Gasteiger partial charge in [0.25, 0.3) is 0 Å². The second kappa shape index (κ2) is 14.4. The quantitative estimate of drug-likeness (QED) is 0.266. The van der Waals surface area contributed by atoms with E-state index in [-0.39, 0.29) is 0 Å². The van der Waals surface area contributed by atoms with E-state index in [9.17, 15) is 0 Å². The predicted octanol–water partition coefficient (Wildman–Crippen LogP) is 6.93. The molecule has 1 fully saturated rings. The average molecular weight is 530 g/mol. The maximum Gasteiger partial charge on any atom is 0.122 e. The van der Waals surface area contributed by atoms with E-state index in [4.69, 9.17) is 16.3 Å². The number of aromatic nitrogens is 1. The molecule has 0 amide bonds. The van der Waals surface area contributed by atoms with E-state index < -0.39 is 0 Å². The van der Waals surface area contributed by atoms with Gasteiger partial charge in [0.15, 0.2) is 0 Å². The first kappa shape index (κ1) is 28.2. The first-order valence-electron chi connectivity index (χ1n) is 14.0. The highest BCUT2D eigenvalue weighted by atomic mass is 35.5. The number of pyridine rings is 1. The molecule has 5 heteroatoms. The van der Waals surface area contributed by atoms with Crippen molar-refractivity contribution in [2.45, 2.75) is 40.0 Å². The molecule has 200 valence electrons. The molecule has 2 heterocycles. The molecule has 0 radical (unpaired) electrons. The predicted molar refractivity (Wildman–Crippen MR) is 159 cm³/mol. The molecular formula is C33H40ClN3O. The van der Waals surface area contributed by atoms with Gasteiger partial charge < -0.3 is 9.64 Å². The zero-order chi connectivity index (χ0) is 26.7. The number of hydrogen-bond acceptors (Lipinski definition) is 4. The summed E-state index contributed by atoms with van der Waals surface area (Å²) < 4.78 is 6.14. The topological polar surface area (TPSA) is 28.6 Å². The molecule has 1 aliphatic heterocycles. The molecule has 1 saturated heterocycles. The Bertz CT molecular complexity index is 1200. The van der Waals surface area contributed by atoms with Gasteiger partial charge in [0.1, 0.15) is 18.1 Å². The van der Waals surface area contributed by atoms with Gasteiger partial charge in [-0.05, 0) is 118 Å². The Morgan fingerprint density at radius 2 is 1.71 bits per heavy atom. The minimum atomic E-state index is 0.722. The number of hydrogen-bond donors (Lipinski definition) is 0. The lowest BCUT2D eigenvalue weighted by molar-refractivity contribution is 0.144. The van der Waals surface area contributed by atoms with Crippen LogP contribution in [0.3, 0.4) is 0 Å². The molecular weight excluding hydrogens is 490 g/mol. The van der Waals surface area contributed by atoms with E-state index in [1.807, 2.05) is 54.7 Å². The Labute approximate surface area is 234 Å². The Balaban J connectivity index is 1.22. The van der Waals surface area contributed by atoms with Gasteiger partial charge in [0.2, 0.25) is 0 Å². The number of aryl methyl sites for hydroxylation is 1. The fourth-order valence-corrected chi connectivity index (χ4v) is 5.12. The molecule has 38 heavy (non-hydrogen) atoms. The van der Waals surface area contributed by atoms with Crippen LogP contribution in [-0.2, 0) is 0 Å². The van der Waals surface area contributed by atoms with E-state index >= 15 is 0 Å². The van der Waals surface area contributed by atoms with E-state index in [1.165, 1.54) is 38.9 Å². The highest BCUT2D eigenvalue weighted by molar-refractivity contribution is 6.30. The van der Waals surface area contributed by atoms with Crippen molar-refractivity contribution in [2.75, 3.05) is 45.9 Å². The van der Waals surface area contributed by atoms with Gasteiger partial charge in [-0.1, -0.05) is 49.6 Å². The molecule has 3 aromatic rings. The summed E-state index contributed by atoms with van der Waals surface area (Å²) >= 11 is 5.98. The number of benzene rings is 2. The molecule has 0 saturated carbocycles. The monoisotopic (exact) mass is 529 g/mol. The van der Waals surface area contributed by atoms with Gasteiger partial charge in [-0.25, -0.2) is 4.98 Å². The second-order valence-electron chi connectivity index (χ2n) is 10.1. The van der Waals surface area contributed by atoms with E-state index in [0.29, 0.717) is 0 Å². The number of halogens is 1. The maximum atomic E-state index is 6.14. The highest BCUT2D eigenvalue weighted by Crippen LogP contribution is 2.23. The lowest BCUT2D eigenvalue weighted by atomic mass is 9.93. The summed E-state index contributed by atoms with van der Waals surface area (Å²) in [7, 11) is 0. The number of likely N-dealkylation sites (tertiary alicyclic amines) is 1. The van der Waals surface area contributed by atoms with Gasteiger partial charge in [0, 0.05) is 28.9 Å². The summed E-state index contributed by atoms with van der Waals surface area (Å²) in [6.45, 7) is 14.3. The molecule has 0 spiro atoms. The van der Waals surface area contributed by atoms with Crippen molar-refractivity contribution in [3.8, 4) is 28.7 Å². The Hall–Kier alpha value is -2.84. The smallest absolute Gasteiger partial charge is 0.122 e. The largest absolute Gasteiger partial charge is 0.492 e. The van der Waals surface area contributed by atoms with Crippen LogP contribution >= 0.6 is 11.6 Å². The molecule has 0 unspecified atom stereocenters. The third-order valence-electron chi connectivity index (χ3n) is 7.57. The summed E-state index contributed by atoms with van der Waals surface area (Å²) in [6, 6.07) is 17.9. The van der Waals surface area contributed by atoms with Crippen molar-refractivity contribution >= 4 is 11.6 Å². The number of rotatable bonds is 10. The lowest BCUT2D eigenvalue weighted by Crippen LogP contribution is -2.37. The first-order valence-corrected chi connectivity index (χ1v) is 14.3. The molecule has 4 rings (SSSR count). The fourth-order valence-electron chi connectivity index (χ4n) is 4.99. The Morgan fingerprint density at radius 3 is 2.37 bits per heavy atom. The van der Waals surface area contributed by atoms with Crippen LogP contribution in [0.15, 0.2) is 60.8 Å². The second-order valence-corrected chi connectivity index (χ2v) is 10.6. The Kier molecular flexibility index (Phi) is 10.6. The summed E-state index contributed by atoms with van der Waals surface area (Å²) in [5, 5.41) is 0.730. The lowest BCUT2D eigenvalue weighted by Gasteiger charge is -2.32. The van der Waals surface area contributed by atoms with Gasteiger partial charge in [0.05, 0.1) is 0 Å². The van der Waals surface area contributed by atoms with E-state index in [0.717, 1.165) is 70.9 Å². The van der Waals surface area contributed by atoms with E-state index in [1.54, 1.807) is 0 Å². The number of piperidine rings is 1. The van der Waals surface area contributed by atoms with Crippen molar-refractivity contribution in [1.82, 2.24) is 14.8 Å². The minimum Gasteiger partial charge on any atom is -0.492 e. The SMILES string of the molecule is CCN(CC)CCC1CCN(CCOc2ccc(C#Cc3ccc(-c4ccc(Cl)cc4)cn3)cc2C)CC1. The highest BCUT2D eigenvalue weighted by Gasteiger charge is 2.19. The Morgan fingerprint density at radius 1 is 0.974 bits per heavy atom. The minimum absolute atomic E-state index is 0.722. The molecule has 1 aromatic heterocycles. The van der Waals surface area contributed by atoms with Crippen LogP contribution in [0.2, 0.25) is 5.02 Å². The van der Waals surface area contributed by atoms with Crippen LogP contribution in [0.25, 0.3) is 11.1 Å². The zero-order valence-corrected chi connectivity index (χ0v) is 23.8. The van der Waals surface area contributed by atoms with Gasteiger partial charge in [-0.15, -0.1) is 0 Å². The zero-order valence-electron chi connectivity index (χ0n) is 23.0. The average Bonchev–Trinajstić information content (AvgIpc) is 2.95. The van der Waals surface area contributed by atoms with Crippen molar-refractivity contribution < 1.29 is 4.74 Å². The maximum absolute atomic E-state index is 6.14. The van der Waals surface area contributed by atoms with Crippen LogP contribution in [0.5, 0.6) is 5.75 Å². The van der Waals surface area contributed by atoms with Crippen molar-refractivity contribution in [1.29, 1.82) is 0 Å². The molecule has 2 aromatic carbocycles. The molecule has 0 N–H and O–H groups in total. The standard InChI is InChI=1S/C33H40ClN3O/c1-4-36(5-2)19-16-27-17-20-37(21-18-27)22-23-38-33-15-7-28(24-26(33)3)6-13-32-14-10-30(25-35-32)29-8-11-31(34)12-9-29/h7-12,14-15,24-25,27H,4-5,16-23H2,1-3H3. The fraction of sp³-hybridized carbons (Fsp3) is 0.424. The van der Waals surface area contributed by atoms with Crippen molar-refractivity contribution in [3.63, 3.8) is 0 Å². The van der Waals surface area contributed by atoms with Gasteiger partial charge >= 0.3 is 0 Å². The van der Waals surface area contributed by atoms with Crippen LogP contribution in [0.4, 0.5) is 0 Å². The van der Waals surface area contributed by atoms with Gasteiger partial charge in [-0.2, -0.15) is 0 Å². The number of nitrogens with zero attached hydrogens (tertiary/aromatic N) is 3. The van der Waals surface area contributed by atoms with E-state index in [2.05, 4.69) is 53.5 Å². The van der Waals surface area contributed by atoms with Crippen LogP contribution < -0.4 is 4.74 Å². The van der Waals surface area contributed by atoms with Crippen LogP contribution in [-0.4, -0.2) is 60.7 Å². The van der Waals surface area contributed by atoms with Crippen molar-refractivity contribution in [3.05, 3.63) is 82.6 Å². The molecule has 0 aliphatic carbocycles. The normalized spacial score (nSPS) is 14.3. The van der Waals surface area contributed by atoms with Crippen molar-refractivity contribution in [2.24, 2.45) is 5.92 Å². The molecule has 1 aliphatic rings. The molecule has 0 atom stereocenters. The van der Waals surface area contributed by atoms with Crippen LogP contribution in [0.1, 0.15) is 49.9 Å². The van der Waals surface area contributed by atoms with Gasteiger partial charge in [-0.3, -0.25) is 4.90 Å². The first-order chi connectivity index (χ1) is 18.5. The third-order valence-corrected chi connectivity index (χ3v) is 7.82. The molecule has 4 nitrogen and oxygen atoms in total. The van der Waals surface area contributed by atoms with Crippen LogP contribution in [0, 0.1) is 24.7 Å². The summed E-state index contributed by atoms with van der Waals surface area (Å²) in [4.78, 5) is 9.60.